The third kappa shape index (κ3) is 2.47. The first-order chi connectivity index (χ1) is 6.84. The van der Waals surface area contributed by atoms with Gasteiger partial charge in [0, 0.05) is 32.7 Å². The molecule has 2 rings (SSSR count). The van der Waals surface area contributed by atoms with Crippen molar-refractivity contribution in [3.63, 3.8) is 0 Å². The maximum atomic E-state index is 9.14. The largest absolute Gasteiger partial charge is 0.508 e. The van der Waals surface area contributed by atoms with Crippen LogP contribution in [0.15, 0.2) is 24.3 Å². The molecule has 1 saturated heterocycles. The van der Waals surface area contributed by atoms with E-state index in [0.717, 1.165) is 32.7 Å². The second-order valence-corrected chi connectivity index (χ2v) is 3.69. The number of benzene rings is 1. The summed E-state index contributed by atoms with van der Waals surface area (Å²) in [6.07, 6.45) is 0. The first-order valence-corrected chi connectivity index (χ1v) is 5.05. The van der Waals surface area contributed by atoms with E-state index in [4.69, 9.17) is 5.11 Å². The number of piperazine rings is 1. The number of nitrogens with one attached hydrogen (secondary N) is 1. The van der Waals surface area contributed by atoms with Crippen molar-refractivity contribution in [2.24, 2.45) is 0 Å². The van der Waals surface area contributed by atoms with Gasteiger partial charge in [0.1, 0.15) is 5.75 Å². The van der Waals surface area contributed by atoms with Crippen LogP contribution in [0.1, 0.15) is 5.56 Å². The highest BCUT2D eigenvalue weighted by atomic mass is 16.3. The van der Waals surface area contributed by atoms with Crippen molar-refractivity contribution >= 4 is 0 Å². The zero-order valence-corrected chi connectivity index (χ0v) is 8.24. The zero-order chi connectivity index (χ0) is 9.80. The average molecular weight is 192 g/mol. The lowest BCUT2D eigenvalue weighted by Gasteiger charge is -2.27. The molecule has 1 aromatic carbocycles. The molecule has 1 aliphatic rings. The second-order valence-electron chi connectivity index (χ2n) is 3.69. The smallest absolute Gasteiger partial charge is 0.115 e. The Balaban J connectivity index is 1.92. The molecule has 76 valence electrons. The molecule has 3 heteroatoms. The van der Waals surface area contributed by atoms with E-state index < -0.39 is 0 Å². The van der Waals surface area contributed by atoms with Gasteiger partial charge >= 0.3 is 0 Å². The van der Waals surface area contributed by atoms with E-state index in [1.807, 2.05) is 12.1 Å². The first-order valence-electron chi connectivity index (χ1n) is 5.05. The van der Waals surface area contributed by atoms with Gasteiger partial charge in [-0.15, -0.1) is 0 Å². The van der Waals surface area contributed by atoms with E-state index in [0.29, 0.717) is 5.75 Å². The Morgan fingerprint density at radius 2 is 1.79 bits per heavy atom. The van der Waals surface area contributed by atoms with Gasteiger partial charge in [-0.05, 0) is 17.7 Å². The summed E-state index contributed by atoms with van der Waals surface area (Å²) in [5.74, 6) is 0.342. The summed E-state index contributed by atoms with van der Waals surface area (Å²) in [4.78, 5) is 2.42. The van der Waals surface area contributed by atoms with Crippen molar-refractivity contribution in [2.45, 2.75) is 6.54 Å². The van der Waals surface area contributed by atoms with Crippen LogP contribution in [0, 0.1) is 0 Å². The summed E-state index contributed by atoms with van der Waals surface area (Å²) in [6, 6.07) is 7.46. The Kier molecular flexibility index (Phi) is 3.01. The summed E-state index contributed by atoms with van der Waals surface area (Å²) in [5, 5.41) is 12.5. The number of aromatic hydroxyl groups is 1. The molecule has 0 aliphatic carbocycles. The maximum absolute atomic E-state index is 9.14. The monoisotopic (exact) mass is 192 g/mol. The number of hydrogen-bond donors (Lipinski definition) is 2. The van der Waals surface area contributed by atoms with E-state index in [9.17, 15) is 0 Å². The summed E-state index contributed by atoms with van der Waals surface area (Å²) >= 11 is 0. The van der Waals surface area contributed by atoms with Crippen LogP contribution in [-0.4, -0.2) is 36.2 Å². The molecule has 1 fully saturated rings. The summed E-state index contributed by atoms with van der Waals surface area (Å²) < 4.78 is 0. The molecule has 0 bridgehead atoms. The zero-order valence-electron chi connectivity index (χ0n) is 8.24. The Morgan fingerprint density at radius 3 is 2.43 bits per heavy atom. The minimum absolute atomic E-state index is 0.342. The number of rotatable bonds is 2. The van der Waals surface area contributed by atoms with Crippen LogP contribution in [0.4, 0.5) is 0 Å². The molecule has 14 heavy (non-hydrogen) atoms. The average Bonchev–Trinajstić information content (AvgIpc) is 2.23. The molecule has 0 amide bonds. The lowest BCUT2D eigenvalue weighted by Crippen LogP contribution is -2.42. The number of nitrogens with zero attached hydrogens (tertiary/aromatic N) is 1. The summed E-state index contributed by atoms with van der Waals surface area (Å²) in [7, 11) is 0. The fourth-order valence-electron chi connectivity index (χ4n) is 1.73. The normalized spacial score (nSPS) is 18.3. The van der Waals surface area contributed by atoms with Gasteiger partial charge in [0.2, 0.25) is 0 Å². The predicted molar refractivity (Wildman–Crippen MR) is 56.3 cm³/mol. The standard InChI is InChI=1S/C11H16N2O/c14-11-3-1-10(2-4-11)9-13-7-5-12-6-8-13/h1-4,12,14H,5-9H2. The van der Waals surface area contributed by atoms with Gasteiger partial charge in [-0.25, -0.2) is 0 Å². The molecule has 1 aromatic rings. The van der Waals surface area contributed by atoms with Gasteiger partial charge in [0.25, 0.3) is 0 Å². The van der Waals surface area contributed by atoms with Crippen molar-refractivity contribution in [1.29, 1.82) is 0 Å². The van der Waals surface area contributed by atoms with Crippen molar-refractivity contribution in [1.82, 2.24) is 10.2 Å². The van der Waals surface area contributed by atoms with Crippen molar-refractivity contribution < 1.29 is 5.11 Å². The molecule has 0 radical (unpaired) electrons. The molecule has 3 nitrogen and oxygen atoms in total. The van der Waals surface area contributed by atoms with Crippen LogP contribution in [0.5, 0.6) is 5.75 Å². The number of phenolic OH excluding ortho intramolecular Hbond substituents is 1. The van der Waals surface area contributed by atoms with Crippen LogP contribution < -0.4 is 5.32 Å². The molecule has 0 spiro atoms. The lowest BCUT2D eigenvalue weighted by atomic mass is 10.2. The molecule has 1 heterocycles. The minimum Gasteiger partial charge on any atom is -0.508 e. The van der Waals surface area contributed by atoms with Crippen molar-refractivity contribution in [2.75, 3.05) is 26.2 Å². The molecule has 0 atom stereocenters. The van der Waals surface area contributed by atoms with E-state index in [2.05, 4.69) is 10.2 Å². The Morgan fingerprint density at radius 1 is 1.14 bits per heavy atom. The molecule has 0 saturated carbocycles. The van der Waals surface area contributed by atoms with Gasteiger partial charge in [0.15, 0.2) is 0 Å². The topological polar surface area (TPSA) is 35.5 Å². The van der Waals surface area contributed by atoms with Crippen LogP contribution in [0.3, 0.4) is 0 Å². The van der Waals surface area contributed by atoms with E-state index in [1.54, 1.807) is 12.1 Å². The Bertz CT molecular complexity index is 278. The number of phenols is 1. The van der Waals surface area contributed by atoms with Crippen LogP contribution >= 0.6 is 0 Å². The first kappa shape index (κ1) is 9.49. The predicted octanol–water partition coefficient (Wildman–Crippen LogP) is 0.797. The van der Waals surface area contributed by atoms with Gasteiger partial charge in [0.05, 0.1) is 0 Å². The molecular weight excluding hydrogens is 176 g/mol. The second kappa shape index (κ2) is 4.44. The molecule has 0 aromatic heterocycles. The highest BCUT2D eigenvalue weighted by Gasteiger charge is 2.09. The van der Waals surface area contributed by atoms with Gasteiger partial charge in [-0.3, -0.25) is 4.90 Å². The quantitative estimate of drug-likeness (QED) is 0.727. The SMILES string of the molecule is Oc1ccc(CN2CCNCC2)cc1. The van der Waals surface area contributed by atoms with Crippen LogP contribution in [-0.2, 0) is 6.54 Å². The van der Waals surface area contributed by atoms with Gasteiger partial charge < -0.3 is 10.4 Å². The Labute approximate surface area is 84.4 Å². The van der Waals surface area contributed by atoms with Gasteiger partial charge in [-0.1, -0.05) is 12.1 Å². The highest BCUT2D eigenvalue weighted by molar-refractivity contribution is 5.25. The fraction of sp³-hybridized carbons (Fsp3) is 0.455. The molecular formula is C11H16N2O. The van der Waals surface area contributed by atoms with E-state index >= 15 is 0 Å². The fourth-order valence-corrected chi connectivity index (χ4v) is 1.73. The molecule has 2 N–H and O–H groups in total. The lowest BCUT2D eigenvalue weighted by molar-refractivity contribution is 0.233. The van der Waals surface area contributed by atoms with E-state index in [-0.39, 0.29) is 0 Å². The van der Waals surface area contributed by atoms with Crippen LogP contribution in [0.25, 0.3) is 0 Å². The van der Waals surface area contributed by atoms with Crippen LogP contribution in [0.2, 0.25) is 0 Å². The van der Waals surface area contributed by atoms with Crippen molar-refractivity contribution in [3.8, 4) is 5.75 Å². The maximum Gasteiger partial charge on any atom is 0.115 e. The highest BCUT2D eigenvalue weighted by Crippen LogP contribution is 2.11. The minimum atomic E-state index is 0.342. The third-order valence-electron chi connectivity index (χ3n) is 2.55. The summed E-state index contributed by atoms with van der Waals surface area (Å²) in [6.45, 7) is 5.37. The third-order valence-corrected chi connectivity index (χ3v) is 2.55. The van der Waals surface area contributed by atoms with Crippen molar-refractivity contribution in [3.05, 3.63) is 29.8 Å². The molecule has 1 aliphatic heterocycles. The molecule has 0 unspecified atom stereocenters. The van der Waals surface area contributed by atoms with Gasteiger partial charge in [-0.2, -0.15) is 0 Å². The Hall–Kier alpha value is -1.06. The summed E-state index contributed by atoms with van der Waals surface area (Å²) in [5.41, 5.74) is 1.27. The van der Waals surface area contributed by atoms with E-state index in [1.165, 1.54) is 5.56 Å². The number of hydrogen-bond acceptors (Lipinski definition) is 3.